The van der Waals surface area contributed by atoms with Crippen molar-refractivity contribution >= 4 is 11.0 Å². The molecule has 2 aromatic heterocycles. The number of nitrogens with one attached hydrogen (secondary N) is 1. The van der Waals surface area contributed by atoms with Gasteiger partial charge in [-0.05, 0) is 35.7 Å². The van der Waals surface area contributed by atoms with Crippen LogP contribution in [-0.2, 0) is 36.3 Å². The van der Waals surface area contributed by atoms with E-state index in [0.717, 1.165) is 11.4 Å². The Morgan fingerprint density at radius 1 is 1.22 bits per heavy atom. The molecule has 2 aliphatic heterocycles. The summed E-state index contributed by atoms with van der Waals surface area (Å²) in [5.74, 6) is 1.22. The van der Waals surface area contributed by atoms with Crippen LogP contribution < -0.4 is 0 Å². The van der Waals surface area contributed by atoms with Crippen molar-refractivity contribution in [3.63, 3.8) is 0 Å². The van der Waals surface area contributed by atoms with Crippen molar-refractivity contribution in [2.24, 2.45) is 7.05 Å². The Kier molecular flexibility index (Phi) is 5.81. The number of halogens is 3. The second-order valence-corrected chi connectivity index (χ2v) is 10.2. The number of benzene rings is 2. The minimum Gasteiger partial charge on any atom is -0.392 e. The van der Waals surface area contributed by atoms with Gasteiger partial charge in [0.1, 0.15) is 23.5 Å². The first-order chi connectivity index (χ1) is 17.7. The number of aryl methyl sites for hydroxylation is 1. The maximum absolute atomic E-state index is 14.0. The zero-order valence-electron chi connectivity index (χ0n) is 20.3. The van der Waals surface area contributed by atoms with E-state index in [0.29, 0.717) is 68.2 Å². The number of ether oxygens (including phenoxy) is 1. The third-order valence-corrected chi connectivity index (χ3v) is 7.41. The third-order valence-electron chi connectivity index (χ3n) is 7.41. The van der Waals surface area contributed by atoms with Gasteiger partial charge in [-0.15, -0.1) is 10.2 Å². The summed E-state index contributed by atoms with van der Waals surface area (Å²) < 4.78 is 49.6. The molecule has 0 bridgehead atoms. The first kappa shape index (κ1) is 24.1. The molecule has 1 atom stereocenters. The maximum Gasteiger partial charge on any atom is 0.418 e. The highest BCUT2D eigenvalue weighted by atomic mass is 19.4. The standard InChI is InChI=1S/C26H27F3N6O2/c1-34-15-30-33-22(34)10-25(13-37-14-25)18-4-2-3-17(9-18)24-31-21-8-16(11-35-6-5-19(36)12-35)7-20(23(21)32-24)26(27,28)29/h2-4,7-9,15,19,36H,5-6,10-14H2,1H3,(H,31,32). The van der Waals surface area contributed by atoms with E-state index >= 15 is 0 Å². The summed E-state index contributed by atoms with van der Waals surface area (Å²) in [6.07, 6.45) is -2.06. The van der Waals surface area contributed by atoms with E-state index in [2.05, 4.69) is 20.2 Å². The largest absolute Gasteiger partial charge is 0.418 e. The Labute approximate surface area is 211 Å². The number of rotatable bonds is 6. The summed E-state index contributed by atoms with van der Waals surface area (Å²) in [6.45, 7) is 2.50. The van der Waals surface area contributed by atoms with Crippen LogP contribution in [0.5, 0.6) is 0 Å². The topological polar surface area (TPSA) is 92.1 Å². The molecule has 6 rings (SSSR count). The summed E-state index contributed by atoms with van der Waals surface area (Å²) in [5, 5.41) is 18.0. The molecule has 11 heteroatoms. The molecule has 1 unspecified atom stereocenters. The van der Waals surface area contributed by atoms with Gasteiger partial charge in [0.15, 0.2) is 0 Å². The fourth-order valence-electron chi connectivity index (χ4n) is 5.32. The predicted molar refractivity (Wildman–Crippen MR) is 130 cm³/mol. The lowest BCUT2D eigenvalue weighted by atomic mass is 9.75. The molecule has 0 saturated carbocycles. The molecule has 2 aromatic carbocycles. The van der Waals surface area contributed by atoms with Gasteiger partial charge < -0.3 is 19.4 Å². The lowest BCUT2D eigenvalue weighted by molar-refractivity contribution is -0.136. The quantitative estimate of drug-likeness (QED) is 0.411. The van der Waals surface area contributed by atoms with E-state index in [1.54, 1.807) is 12.4 Å². The van der Waals surface area contributed by atoms with Crippen molar-refractivity contribution in [3.8, 4) is 11.4 Å². The minimum absolute atomic E-state index is 0.0983. The van der Waals surface area contributed by atoms with Gasteiger partial charge in [-0.2, -0.15) is 13.2 Å². The van der Waals surface area contributed by atoms with Gasteiger partial charge in [-0.3, -0.25) is 4.90 Å². The fourth-order valence-corrected chi connectivity index (χ4v) is 5.32. The summed E-state index contributed by atoms with van der Waals surface area (Å²) in [5.41, 5.74) is 1.45. The molecular weight excluding hydrogens is 485 g/mol. The van der Waals surface area contributed by atoms with Gasteiger partial charge in [0, 0.05) is 44.1 Å². The second-order valence-electron chi connectivity index (χ2n) is 10.2. The normalized spacial score (nSPS) is 20.0. The number of aliphatic hydroxyl groups is 1. The zero-order chi connectivity index (χ0) is 25.8. The molecule has 0 spiro atoms. The highest BCUT2D eigenvalue weighted by molar-refractivity contribution is 5.84. The number of fused-ring (bicyclic) bond motifs is 1. The van der Waals surface area contributed by atoms with E-state index in [9.17, 15) is 18.3 Å². The van der Waals surface area contributed by atoms with Crippen LogP contribution in [0.15, 0.2) is 42.7 Å². The van der Waals surface area contributed by atoms with Crippen molar-refractivity contribution in [2.45, 2.75) is 37.1 Å². The second kappa shape index (κ2) is 8.93. The first-order valence-corrected chi connectivity index (χ1v) is 12.2. The van der Waals surface area contributed by atoms with Crippen LogP contribution in [0, 0.1) is 0 Å². The molecule has 2 aliphatic rings. The van der Waals surface area contributed by atoms with Gasteiger partial charge in [0.05, 0.1) is 30.4 Å². The first-order valence-electron chi connectivity index (χ1n) is 12.2. The number of aromatic nitrogens is 5. The van der Waals surface area contributed by atoms with Crippen molar-refractivity contribution in [3.05, 3.63) is 65.2 Å². The maximum atomic E-state index is 14.0. The minimum atomic E-state index is -4.55. The van der Waals surface area contributed by atoms with Crippen molar-refractivity contribution < 1.29 is 23.0 Å². The monoisotopic (exact) mass is 512 g/mol. The van der Waals surface area contributed by atoms with E-state index in [1.165, 1.54) is 6.07 Å². The van der Waals surface area contributed by atoms with Crippen molar-refractivity contribution in [2.75, 3.05) is 26.3 Å². The zero-order valence-corrected chi connectivity index (χ0v) is 20.3. The molecule has 194 valence electrons. The van der Waals surface area contributed by atoms with Gasteiger partial charge in [0.2, 0.25) is 0 Å². The van der Waals surface area contributed by atoms with Crippen LogP contribution in [0.1, 0.15) is 28.9 Å². The van der Waals surface area contributed by atoms with E-state index in [-0.39, 0.29) is 10.9 Å². The van der Waals surface area contributed by atoms with Crippen LogP contribution in [-0.4, -0.2) is 67.1 Å². The van der Waals surface area contributed by atoms with E-state index in [4.69, 9.17) is 4.74 Å². The van der Waals surface area contributed by atoms with Crippen LogP contribution in [0.25, 0.3) is 22.4 Å². The molecule has 4 heterocycles. The number of likely N-dealkylation sites (tertiary alicyclic amines) is 1. The Morgan fingerprint density at radius 2 is 2.05 bits per heavy atom. The molecule has 0 amide bonds. The third kappa shape index (κ3) is 4.51. The predicted octanol–water partition coefficient (Wildman–Crippen LogP) is 3.45. The lowest BCUT2D eigenvalue weighted by Gasteiger charge is -2.41. The number of β-amino-alcohol motifs (C(OH)–C–C–N with tert-alkyl or cyclic N) is 1. The molecule has 37 heavy (non-hydrogen) atoms. The molecule has 8 nitrogen and oxygen atoms in total. The Balaban J connectivity index is 1.36. The van der Waals surface area contributed by atoms with Gasteiger partial charge in [-0.25, -0.2) is 4.98 Å². The van der Waals surface area contributed by atoms with Crippen molar-refractivity contribution in [1.29, 1.82) is 0 Å². The number of aliphatic hydroxyl groups excluding tert-OH is 1. The SMILES string of the molecule is Cn1cnnc1CC1(c2cccc(-c3nc4c(C(F)(F)F)cc(CN5CCC(O)C5)cc4[nH]3)c2)COC1. The fraction of sp³-hybridized carbons (Fsp3) is 0.423. The van der Waals surface area contributed by atoms with Crippen LogP contribution >= 0.6 is 0 Å². The summed E-state index contributed by atoms with van der Waals surface area (Å²) in [4.78, 5) is 9.50. The van der Waals surface area contributed by atoms with Gasteiger partial charge in [-0.1, -0.05) is 18.2 Å². The number of H-pyrrole nitrogens is 1. The average molecular weight is 513 g/mol. The molecule has 0 aliphatic carbocycles. The number of alkyl halides is 3. The summed E-state index contributed by atoms with van der Waals surface area (Å²) in [6, 6.07) is 10.6. The Morgan fingerprint density at radius 3 is 2.70 bits per heavy atom. The van der Waals surface area contributed by atoms with Gasteiger partial charge in [0.25, 0.3) is 0 Å². The molecule has 2 N–H and O–H groups in total. The summed E-state index contributed by atoms with van der Waals surface area (Å²) in [7, 11) is 1.89. The number of hydrogen-bond acceptors (Lipinski definition) is 6. The average Bonchev–Trinajstić information content (AvgIpc) is 3.55. The van der Waals surface area contributed by atoms with Crippen LogP contribution in [0.2, 0.25) is 0 Å². The van der Waals surface area contributed by atoms with E-state index < -0.39 is 17.8 Å². The molecule has 2 saturated heterocycles. The number of aromatic amines is 1. The van der Waals surface area contributed by atoms with Crippen LogP contribution in [0.4, 0.5) is 13.2 Å². The molecular formula is C26H27F3N6O2. The Hall–Kier alpha value is -3.28. The molecule has 4 aromatic rings. The number of nitrogens with zero attached hydrogens (tertiary/aromatic N) is 5. The van der Waals surface area contributed by atoms with Crippen LogP contribution in [0.3, 0.4) is 0 Å². The highest BCUT2D eigenvalue weighted by Gasteiger charge is 2.42. The smallest absolute Gasteiger partial charge is 0.392 e. The lowest BCUT2D eigenvalue weighted by Crippen LogP contribution is -2.49. The number of hydrogen-bond donors (Lipinski definition) is 2. The summed E-state index contributed by atoms with van der Waals surface area (Å²) >= 11 is 0. The molecule has 0 radical (unpaired) electrons. The molecule has 2 fully saturated rings. The number of imidazole rings is 1. The van der Waals surface area contributed by atoms with Gasteiger partial charge >= 0.3 is 6.18 Å². The van der Waals surface area contributed by atoms with E-state index in [1.807, 2.05) is 40.8 Å². The highest BCUT2D eigenvalue weighted by Crippen LogP contribution is 2.39. The Bertz CT molecular complexity index is 1440. The van der Waals surface area contributed by atoms with Crippen molar-refractivity contribution in [1.82, 2.24) is 29.6 Å².